The van der Waals surface area contributed by atoms with Crippen LogP contribution in [0.1, 0.15) is 0 Å². The van der Waals surface area contributed by atoms with Crippen molar-refractivity contribution < 1.29 is 42.2 Å². The zero-order chi connectivity index (χ0) is 3.58. The third-order valence-electron chi connectivity index (χ3n) is 0. The molecule has 0 rings (SSSR count). The van der Waals surface area contributed by atoms with Gasteiger partial charge in [-0.3, -0.25) is 4.70 Å². The van der Waals surface area contributed by atoms with Crippen LogP contribution in [-0.2, 0) is 22.4 Å². The Labute approximate surface area is 50.0 Å². The topological polar surface area (TPSA) is 60.7 Å². The monoisotopic (exact) mass is 189 g/mol. The van der Waals surface area contributed by atoms with Crippen molar-refractivity contribution in [3.63, 3.8) is 0 Å². The van der Waals surface area contributed by atoms with E-state index in [0.717, 1.165) is 0 Å². The summed E-state index contributed by atoms with van der Waals surface area (Å²) in [6.07, 6.45) is 0. The zero-order valence-electron chi connectivity index (χ0n) is 2.63. The summed E-state index contributed by atoms with van der Waals surface area (Å²) in [6.45, 7) is 0. The molecule has 0 aromatic rings. The molecular weight excluding hydrogens is 186 g/mol. The van der Waals surface area contributed by atoms with Crippen LogP contribution in [0.3, 0.4) is 0 Å². The molecule has 0 saturated heterocycles. The molecule has 3 nitrogen and oxygen atoms in total. The molecule has 3 N–H and O–H groups in total. The Bertz CT molecular complexity index is 15.5. The van der Waals surface area contributed by atoms with Crippen molar-refractivity contribution in [3.05, 3.63) is 0 Å². The minimum atomic E-state index is -2.17. The number of rotatable bonds is 0. The predicted octanol–water partition coefficient (Wildman–Crippen LogP) is -1.90. The van der Waals surface area contributed by atoms with Crippen LogP contribution >= 0.6 is 0 Å². The molecule has 6 heavy (non-hydrogen) atoms. The van der Waals surface area contributed by atoms with Gasteiger partial charge >= 0.3 is 7.32 Å². The van der Waals surface area contributed by atoms with Crippen molar-refractivity contribution in [2.24, 2.45) is 0 Å². The largest absolute Gasteiger partial charge is 0.631 e. The third-order valence-corrected chi connectivity index (χ3v) is 0. The third kappa shape index (κ3) is 159. The Morgan fingerprint density at radius 2 is 1.00 bits per heavy atom. The average Bonchev–Trinajstić information content (AvgIpc) is 0.811. The van der Waals surface area contributed by atoms with Gasteiger partial charge in [-0.25, -0.2) is 0 Å². The molecule has 0 aromatic heterocycles. The van der Waals surface area contributed by atoms with E-state index in [4.69, 9.17) is 15.1 Å². The van der Waals surface area contributed by atoms with Crippen LogP contribution in [0.25, 0.3) is 0 Å². The first-order valence-electron chi connectivity index (χ1n) is 0.775. The molecule has 0 bridgehead atoms. The fourth-order valence-electron chi connectivity index (χ4n) is 0. The first-order valence-corrected chi connectivity index (χ1v) is 0.775. The van der Waals surface area contributed by atoms with Crippen molar-refractivity contribution in [1.82, 2.24) is 0 Å². The van der Waals surface area contributed by atoms with Gasteiger partial charge in [0, 0.05) is 22.4 Å². The van der Waals surface area contributed by atoms with E-state index in [-0.39, 0.29) is 27.1 Å². The summed E-state index contributed by atoms with van der Waals surface area (Å²) in [5.41, 5.74) is 0. The van der Waals surface area contributed by atoms with Gasteiger partial charge in [-0.2, -0.15) is 0 Å². The summed E-state index contributed by atoms with van der Waals surface area (Å²) in [5.74, 6) is 0. The van der Waals surface area contributed by atoms with Crippen molar-refractivity contribution >= 4 is 7.32 Å². The minimum Gasteiger partial charge on any atom is -0.402 e. The van der Waals surface area contributed by atoms with Gasteiger partial charge in [-0.05, 0) is 0 Å². The van der Waals surface area contributed by atoms with Gasteiger partial charge in [0.05, 0.1) is 0 Å². The second-order valence-corrected chi connectivity index (χ2v) is 0.346. The van der Waals surface area contributed by atoms with Crippen LogP contribution in [-0.4, -0.2) is 22.4 Å². The van der Waals surface area contributed by atoms with Gasteiger partial charge in [0.15, 0.2) is 0 Å². The van der Waals surface area contributed by atoms with E-state index in [1.54, 1.807) is 0 Å². The quantitative estimate of drug-likeness (QED) is 0.390. The standard InChI is InChI=1S/Ag.BH3O3.FH/c;2-1(3)4;/h;2-4H;1H. The molecule has 0 aliphatic rings. The first kappa shape index (κ1) is 16.0. The fraction of sp³-hybridized carbons (Fsp3) is 0. The van der Waals surface area contributed by atoms with Crippen LogP contribution in [0.2, 0.25) is 0 Å². The van der Waals surface area contributed by atoms with Crippen LogP contribution in [0.5, 0.6) is 0 Å². The Morgan fingerprint density at radius 1 is 1.00 bits per heavy atom. The maximum absolute atomic E-state index is 7.17. The summed E-state index contributed by atoms with van der Waals surface area (Å²) >= 11 is 0. The Hall–Kier alpha value is 0.615. The first-order chi connectivity index (χ1) is 1.73. The van der Waals surface area contributed by atoms with Gasteiger partial charge in [-0.1, -0.05) is 0 Å². The molecule has 0 unspecified atom stereocenters. The van der Waals surface area contributed by atoms with E-state index in [2.05, 4.69) is 0 Å². The molecule has 0 atom stereocenters. The molecule has 6 heteroatoms. The molecule has 0 spiro atoms. The second-order valence-electron chi connectivity index (χ2n) is 0.346. The molecule has 0 aliphatic carbocycles. The summed E-state index contributed by atoms with van der Waals surface area (Å²) in [7, 11) is -2.17. The second kappa shape index (κ2) is 9.15. The number of hydrogen-bond acceptors (Lipinski definition) is 3. The minimum absolute atomic E-state index is 0. The summed E-state index contributed by atoms with van der Waals surface area (Å²) in [4.78, 5) is 0. The van der Waals surface area contributed by atoms with Gasteiger partial charge in [0.1, 0.15) is 0 Å². The van der Waals surface area contributed by atoms with Crippen molar-refractivity contribution in [2.75, 3.05) is 0 Å². The Balaban J connectivity index is -0.0000000450. The van der Waals surface area contributed by atoms with E-state index in [0.29, 0.717) is 0 Å². The van der Waals surface area contributed by atoms with Crippen molar-refractivity contribution in [1.29, 1.82) is 0 Å². The van der Waals surface area contributed by atoms with Gasteiger partial charge < -0.3 is 15.1 Å². The molecular formula is H4AgBFO3. The normalized spacial score (nSPS) is 4.50. The van der Waals surface area contributed by atoms with Gasteiger partial charge in [0.2, 0.25) is 0 Å². The van der Waals surface area contributed by atoms with Crippen LogP contribution < -0.4 is 0 Å². The summed E-state index contributed by atoms with van der Waals surface area (Å²) in [6, 6.07) is 0. The summed E-state index contributed by atoms with van der Waals surface area (Å²) in [5, 5.41) is 21.5. The SMILES string of the molecule is F.OB(O)O.[Ag]. The van der Waals surface area contributed by atoms with E-state index < -0.39 is 7.32 Å². The van der Waals surface area contributed by atoms with E-state index >= 15 is 0 Å². The molecule has 1 radical (unpaired) electrons. The van der Waals surface area contributed by atoms with Gasteiger partial charge in [0.25, 0.3) is 0 Å². The predicted molar refractivity (Wildman–Crippen MR) is 14.9 cm³/mol. The van der Waals surface area contributed by atoms with Gasteiger partial charge in [-0.15, -0.1) is 0 Å². The molecule has 0 amide bonds. The maximum Gasteiger partial charge on any atom is 0.631 e. The van der Waals surface area contributed by atoms with Crippen LogP contribution in [0, 0.1) is 0 Å². The zero-order valence-corrected chi connectivity index (χ0v) is 4.11. The molecule has 0 aliphatic heterocycles. The van der Waals surface area contributed by atoms with Crippen molar-refractivity contribution in [3.8, 4) is 0 Å². The van der Waals surface area contributed by atoms with E-state index in [1.807, 2.05) is 0 Å². The average molecular weight is 190 g/mol. The Kier molecular flexibility index (Phi) is 24.3. The molecule has 0 aromatic carbocycles. The fourth-order valence-corrected chi connectivity index (χ4v) is 0. The van der Waals surface area contributed by atoms with E-state index in [9.17, 15) is 0 Å². The Morgan fingerprint density at radius 3 is 1.00 bits per heavy atom. The summed E-state index contributed by atoms with van der Waals surface area (Å²) < 4.78 is 0. The molecule has 0 heterocycles. The molecule has 43 valence electrons. The van der Waals surface area contributed by atoms with Crippen LogP contribution in [0.15, 0.2) is 0 Å². The smallest absolute Gasteiger partial charge is 0.402 e. The van der Waals surface area contributed by atoms with E-state index in [1.165, 1.54) is 0 Å². The molecule has 0 saturated carbocycles. The number of hydrogen-bond donors (Lipinski definition) is 3. The molecule has 0 fully saturated rings. The number of halogens is 1. The van der Waals surface area contributed by atoms with Crippen LogP contribution in [0.4, 0.5) is 4.70 Å². The van der Waals surface area contributed by atoms with Crippen molar-refractivity contribution in [2.45, 2.75) is 0 Å². The maximum atomic E-state index is 7.17.